The molecular weight excluding hydrogens is 947 g/mol. The van der Waals surface area contributed by atoms with Crippen molar-refractivity contribution in [1.29, 1.82) is 0 Å². The van der Waals surface area contributed by atoms with Gasteiger partial charge in [0, 0.05) is 12.8 Å². The maximum absolute atomic E-state index is 12.5. The second kappa shape index (κ2) is 66.6. The lowest BCUT2D eigenvalue weighted by molar-refractivity contribution is -0.143. The third-order valence-corrected chi connectivity index (χ3v) is 16.2. The summed E-state index contributed by atoms with van der Waals surface area (Å²) in [7, 11) is 0. The summed E-state index contributed by atoms with van der Waals surface area (Å²) in [4.78, 5) is 24.6. The third kappa shape index (κ3) is 63.1. The Balaban J connectivity index is 3.45. The Morgan fingerprint density at radius 1 is 0.364 bits per heavy atom. The van der Waals surface area contributed by atoms with E-state index in [4.69, 9.17) is 4.74 Å². The van der Waals surface area contributed by atoms with Gasteiger partial charge >= 0.3 is 5.97 Å². The van der Waals surface area contributed by atoms with E-state index in [1.807, 2.05) is 6.08 Å². The van der Waals surface area contributed by atoms with E-state index in [9.17, 15) is 19.8 Å². The fourth-order valence-corrected chi connectivity index (χ4v) is 10.9. The Kier molecular flexibility index (Phi) is 64.9. The zero-order valence-corrected chi connectivity index (χ0v) is 52.0. The Bertz CT molecular complexity index is 1250. The monoisotopic (exact) mass is 1080 g/mol. The van der Waals surface area contributed by atoms with Crippen molar-refractivity contribution in [2.75, 3.05) is 13.2 Å². The van der Waals surface area contributed by atoms with E-state index in [2.05, 4.69) is 43.5 Å². The average Bonchev–Trinajstić information content (AvgIpc) is 3.43. The number of carbonyl (C=O) groups excluding carboxylic acids is 2. The van der Waals surface area contributed by atoms with E-state index in [1.54, 1.807) is 6.08 Å². The van der Waals surface area contributed by atoms with Crippen LogP contribution in [0, 0.1) is 0 Å². The number of amides is 1. The van der Waals surface area contributed by atoms with Crippen molar-refractivity contribution in [3.8, 4) is 0 Å². The highest BCUT2D eigenvalue weighted by atomic mass is 16.5. The fraction of sp³-hybridized carbons (Fsp3) is 0.887. The number of aliphatic hydroxyl groups is 2. The van der Waals surface area contributed by atoms with Crippen molar-refractivity contribution < 1.29 is 24.5 Å². The molecule has 0 aromatic carbocycles. The molecule has 0 heterocycles. The molecule has 6 heteroatoms. The van der Waals surface area contributed by atoms with Gasteiger partial charge in [0.1, 0.15) is 0 Å². The van der Waals surface area contributed by atoms with Gasteiger partial charge in [0.2, 0.25) is 5.91 Å². The summed E-state index contributed by atoms with van der Waals surface area (Å²) in [6, 6.07) is -0.633. The average molecular weight is 1080 g/mol. The molecule has 0 radical (unpaired) electrons. The van der Waals surface area contributed by atoms with Gasteiger partial charge in [0.25, 0.3) is 0 Å². The van der Waals surface area contributed by atoms with Crippen LogP contribution in [0.25, 0.3) is 0 Å². The topological polar surface area (TPSA) is 95.9 Å². The molecule has 0 bridgehead atoms. The van der Waals surface area contributed by atoms with Gasteiger partial charge < -0.3 is 20.3 Å². The molecule has 0 fully saturated rings. The van der Waals surface area contributed by atoms with E-state index in [0.717, 1.165) is 51.4 Å². The number of hydrogen-bond donors (Lipinski definition) is 3. The number of ether oxygens (including phenoxy) is 1. The van der Waals surface area contributed by atoms with Crippen molar-refractivity contribution in [2.24, 2.45) is 0 Å². The summed E-state index contributed by atoms with van der Waals surface area (Å²) in [5.74, 6) is -0.1000. The second-order valence-corrected chi connectivity index (χ2v) is 23.9. The number of nitrogens with one attached hydrogen (secondary N) is 1. The minimum atomic E-state index is -0.849. The van der Waals surface area contributed by atoms with Crippen molar-refractivity contribution in [1.82, 2.24) is 5.32 Å². The van der Waals surface area contributed by atoms with Crippen molar-refractivity contribution >= 4 is 11.9 Å². The molecule has 0 aromatic rings. The second-order valence-electron chi connectivity index (χ2n) is 23.9. The molecule has 2 atom stereocenters. The lowest BCUT2D eigenvalue weighted by Gasteiger charge is -2.20. The summed E-state index contributed by atoms with van der Waals surface area (Å²) in [6.07, 6.45) is 85.1. The van der Waals surface area contributed by atoms with Crippen molar-refractivity contribution in [3.63, 3.8) is 0 Å². The number of allylic oxidation sites excluding steroid dienone is 4. The fourth-order valence-electron chi connectivity index (χ4n) is 10.9. The van der Waals surface area contributed by atoms with Gasteiger partial charge in [-0.1, -0.05) is 352 Å². The van der Waals surface area contributed by atoms with Crippen LogP contribution in [0.1, 0.15) is 380 Å². The first kappa shape index (κ1) is 75.1. The predicted molar refractivity (Wildman–Crippen MR) is 338 cm³/mol. The molecule has 454 valence electrons. The molecule has 6 nitrogen and oxygen atoms in total. The van der Waals surface area contributed by atoms with Gasteiger partial charge in [-0.15, -0.1) is 0 Å². The van der Waals surface area contributed by atoms with Crippen LogP contribution in [0.2, 0.25) is 0 Å². The number of hydrogen-bond acceptors (Lipinski definition) is 5. The molecule has 0 aliphatic heterocycles. The Morgan fingerprint density at radius 2 is 0.649 bits per heavy atom. The van der Waals surface area contributed by atoms with Gasteiger partial charge in [-0.25, -0.2) is 0 Å². The number of esters is 1. The van der Waals surface area contributed by atoms with E-state index >= 15 is 0 Å². The molecular formula is C71H135NO5. The Hall–Kier alpha value is -1.92. The van der Waals surface area contributed by atoms with Gasteiger partial charge in [0.15, 0.2) is 0 Å². The SMILES string of the molecule is CCCCCCCCCCCCCCCCCCCC/C=C/C(O)C(CO)NC(=O)CCCCCCCCCCCCCCCC/C=C\C/C=C\CCOC(=O)CCCCCCCCCCCCCCCCCCCCC. The van der Waals surface area contributed by atoms with Crippen LogP contribution in [0.5, 0.6) is 0 Å². The highest BCUT2D eigenvalue weighted by molar-refractivity contribution is 5.76. The molecule has 0 saturated heterocycles. The first-order valence-corrected chi connectivity index (χ1v) is 34.8. The van der Waals surface area contributed by atoms with Gasteiger partial charge in [-0.2, -0.15) is 0 Å². The van der Waals surface area contributed by atoms with Crippen LogP contribution in [0.4, 0.5) is 0 Å². The Labute approximate surface area is 481 Å². The lowest BCUT2D eigenvalue weighted by Crippen LogP contribution is -2.45. The molecule has 2 unspecified atom stereocenters. The molecule has 0 aromatic heterocycles. The smallest absolute Gasteiger partial charge is 0.305 e. The van der Waals surface area contributed by atoms with Crippen LogP contribution in [0.3, 0.4) is 0 Å². The van der Waals surface area contributed by atoms with Crippen LogP contribution in [-0.2, 0) is 14.3 Å². The number of aliphatic hydroxyl groups excluding tert-OH is 2. The lowest BCUT2D eigenvalue weighted by atomic mass is 10.0. The summed E-state index contributed by atoms with van der Waals surface area (Å²) >= 11 is 0. The normalized spacial score (nSPS) is 12.7. The zero-order chi connectivity index (χ0) is 55.7. The van der Waals surface area contributed by atoms with Crippen molar-refractivity contribution in [2.45, 2.75) is 392 Å². The molecule has 0 spiro atoms. The summed E-state index contributed by atoms with van der Waals surface area (Å²) < 4.78 is 5.44. The third-order valence-electron chi connectivity index (χ3n) is 16.2. The molecule has 0 saturated carbocycles. The van der Waals surface area contributed by atoms with Crippen LogP contribution in [-0.4, -0.2) is 47.4 Å². The standard InChI is InChI=1S/C71H135NO5/c1-3-5-7-9-11-13-15-17-19-21-23-28-31-35-39-43-47-51-55-59-63-69(74)68(67-73)72-70(75)64-60-56-52-48-44-40-36-32-29-25-24-26-30-34-38-42-46-50-54-58-62-66-77-71(76)65-61-57-53-49-45-41-37-33-27-22-20-18-16-14-12-10-8-6-4-2/h42,46,54,58-59,63,68-69,73-74H,3-41,43-45,47-53,55-57,60-62,64-67H2,1-2H3,(H,72,75)/b46-42-,58-54-,63-59+. The van der Waals surface area contributed by atoms with Crippen LogP contribution < -0.4 is 5.32 Å². The molecule has 1 amide bonds. The zero-order valence-electron chi connectivity index (χ0n) is 52.0. The highest BCUT2D eigenvalue weighted by Gasteiger charge is 2.18. The summed E-state index contributed by atoms with van der Waals surface area (Å²) in [5.41, 5.74) is 0. The van der Waals surface area contributed by atoms with E-state index in [1.165, 1.54) is 302 Å². The highest BCUT2D eigenvalue weighted by Crippen LogP contribution is 2.18. The minimum Gasteiger partial charge on any atom is -0.465 e. The number of unbranched alkanes of at least 4 members (excludes halogenated alkanes) is 50. The number of carbonyl (C=O) groups is 2. The molecule has 3 N–H and O–H groups in total. The summed E-state index contributed by atoms with van der Waals surface area (Å²) in [6.45, 7) is 4.83. The predicted octanol–water partition coefficient (Wildman–Crippen LogP) is 22.3. The summed E-state index contributed by atoms with van der Waals surface area (Å²) in [5, 5.41) is 23.2. The van der Waals surface area contributed by atoms with Gasteiger partial charge in [-0.05, 0) is 51.4 Å². The molecule has 0 aliphatic carbocycles. The van der Waals surface area contributed by atoms with Crippen LogP contribution >= 0.6 is 0 Å². The largest absolute Gasteiger partial charge is 0.465 e. The van der Waals surface area contributed by atoms with E-state index in [-0.39, 0.29) is 18.5 Å². The molecule has 0 rings (SSSR count). The van der Waals surface area contributed by atoms with Crippen molar-refractivity contribution in [3.05, 3.63) is 36.5 Å². The Morgan fingerprint density at radius 3 is 0.987 bits per heavy atom. The minimum absolute atomic E-state index is 0.0305. The first-order chi connectivity index (χ1) is 38.0. The quantitative estimate of drug-likeness (QED) is 0.0320. The van der Waals surface area contributed by atoms with Gasteiger partial charge in [0.05, 0.1) is 25.4 Å². The van der Waals surface area contributed by atoms with Gasteiger partial charge in [-0.3, -0.25) is 9.59 Å². The maximum Gasteiger partial charge on any atom is 0.305 e. The number of rotatable bonds is 65. The first-order valence-electron chi connectivity index (χ1n) is 34.8. The molecule has 77 heavy (non-hydrogen) atoms. The van der Waals surface area contributed by atoms with E-state index in [0.29, 0.717) is 19.4 Å². The maximum atomic E-state index is 12.5. The van der Waals surface area contributed by atoms with E-state index < -0.39 is 12.1 Å². The van der Waals surface area contributed by atoms with Crippen LogP contribution in [0.15, 0.2) is 36.5 Å². The molecule has 0 aliphatic rings.